The maximum Gasteiger partial charge on any atom is 0.410 e. The summed E-state index contributed by atoms with van der Waals surface area (Å²) < 4.78 is 30.9. The van der Waals surface area contributed by atoms with E-state index in [0.29, 0.717) is 18.8 Å². The van der Waals surface area contributed by atoms with Gasteiger partial charge in [-0.2, -0.15) is 0 Å². The number of esters is 1. The zero-order valence-electron chi connectivity index (χ0n) is 16.6. The Kier molecular flexibility index (Phi) is 6.17. The van der Waals surface area contributed by atoms with Gasteiger partial charge >= 0.3 is 12.1 Å². The molecule has 0 spiro atoms. The lowest BCUT2D eigenvalue weighted by Gasteiger charge is -2.36. The lowest BCUT2D eigenvalue weighted by Crippen LogP contribution is -2.52. The van der Waals surface area contributed by atoms with Gasteiger partial charge in [0.05, 0.1) is 31.8 Å². The fraction of sp³-hybridized carbons (Fsp3) is 0.450. The molecule has 1 aromatic carbocycles. The van der Waals surface area contributed by atoms with E-state index in [1.807, 2.05) is 0 Å². The second-order valence-electron chi connectivity index (χ2n) is 7.63. The third-order valence-corrected chi connectivity index (χ3v) is 4.21. The summed E-state index contributed by atoms with van der Waals surface area (Å²) in [6, 6.07) is 5.20. The summed E-state index contributed by atoms with van der Waals surface area (Å²) in [4.78, 5) is 30.5. The molecular weight excluding hydrogens is 381 g/mol. The monoisotopic (exact) mass is 405 g/mol. The van der Waals surface area contributed by atoms with E-state index in [9.17, 15) is 14.0 Å². The minimum atomic E-state index is -0.627. The summed E-state index contributed by atoms with van der Waals surface area (Å²) in [5.41, 5.74) is 0.141. The maximum atomic E-state index is 13.1. The zero-order chi connectivity index (χ0) is 21.0. The Hall–Kier alpha value is -2.94. The van der Waals surface area contributed by atoms with Crippen LogP contribution in [-0.4, -0.2) is 64.5 Å². The van der Waals surface area contributed by atoms with Crippen LogP contribution in [0.25, 0.3) is 5.69 Å². The molecule has 1 aliphatic rings. The molecule has 1 amide bonds. The number of carbonyl (C=O) groups excluding carboxylic acids is 2. The molecule has 1 saturated heterocycles. The van der Waals surface area contributed by atoms with Crippen LogP contribution in [0, 0.1) is 5.82 Å². The van der Waals surface area contributed by atoms with Crippen molar-refractivity contribution in [2.75, 3.05) is 26.4 Å². The highest BCUT2D eigenvalue weighted by Gasteiger charge is 2.32. The van der Waals surface area contributed by atoms with E-state index in [2.05, 4.69) is 4.98 Å². The van der Waals surface area contributed by atoms with Crippen molar-refractivity contribution in [1.29, 1.82) is 0 Å². The maximum absolute atomic E-state index is 13.1. The zero-order valence-corrected chi connectivity index (χ0v) is 16.6. The molecule has 1 aromatic heterocycles. The van der Waals surface area contributed by atoms with Crippen molar-refractivity contribution in [3.05, 3.63) is 48.3 Å². The molecule has 156 valence electrons. The number of carbonyl (C=O) groups is 2. The smallest absolute Gasteiger partial charge is 0.410 e. The third-order valence-electron chi connectivity index (χ3n) is 4.21. The van der Waals surface area contributed by atoms with Gasteiger partial charge in [0, 0.05) is 12.2 Å². The lowest BCUT2D eigenvalue weighted by atomic mass is 10.2. The van der Waals surface area contributed by atoms with Gasteiger partial charge in [-0.05, 0) is 45.0 Å². The number of rotatable bonds is 4. The molecule has 1 aliphatic heterocycles. The first-order valence-electron chi connectivity index (χ1n) is 9.27. The topological polar surface area (TPSA) is 82.9 Å². The highest BCUT2D eigenvalue weighted by atomic mass is 19.1. The molecule has 2 aromatic rings. The summed E-state index contributed by atoms with van der Waals surface area (Å²) in [5.74, 6) is -0.987. The van der Waals surface area contributed by atoms with Crippen LogP contribution in [0.1, 0.15) is 31.3 Å². The Bertz CT molecular complexity index is 860. The number of imidazole rings is 1. The second-order valence-corrected chi connectivity index (χ2v) is 7.63. The molecule has 3 rings (SSSR count). The molecule has 9 heteroatoms. The molecule has 2 heterocycles. The minimum Gasteiger partial charge on any atom is -0.459 e. The van der Waals surface area contributed by atoms with E-state index < -0.39 is 23.7 Å². The average molecular weight is 405 g/mol. The summed E-state index contributed by atoms with van der Waals surface area (Å²) in [6.07, 6.45) is 2.34. The standard InChI is InChI=1S/C20H24FN3O5/c1-20(2,3)29-19(26)23-8-9-27-11-16(23)12-28-18(25)17-10-22-13-24(17)15-6-4-14(21)5-7-15/h4-7,10,13,16H,8-9,11-12H2,1-3H3/t16-/m0/s1. The molecule has 0 saturated carbocycles. The van der Waals surface area contributed by atoms with Gasteiger partial charge in [0.1, 0.15) is 18.0 Å². The molecule has 0 N–H and O–H groups in total. The molecule has 29 heavy (non-hydrogen) atoms. The highest BCUT2D eigenvalue weighted by molar-refractivity contribution is 5.88. The van der Waals surface area contributed by atoms with Crippen molar-refractivity contribution < 1.29 is 28.2 Å². The van der Waals surface area contributed by atoms with Gasteiger partial charge < -0.3 is 14.2 Å². The van der Waals surface area contributed by atoms with Crippen molar-refractivity contribution >= 4 is 12.1 Å². The minimum absolute atomic E-state index is 0.0489. The molecule has 0 unspecified atom stereocenters. The lowest BCUT2D eigenvalue weighted by molar-refractivity contribution is -0.0488. The molecule has 0 aliphatic carbocycles. The van der Waals surface area contributed by atoms with Crippen LogP contribution in [-0.2, 0) is 14.2 Å². The number of benzene rings is 1. The van der Waals surface area contributed by atoms with Crippen molar-refractivity contribution in [3.63, 3.8) is 0 Å². The second kappa shape index (κ2) is 8.60. The first kappa shape index (κ1) is 20.8. The van der Waals surface area contributed by atoms with E-state index in [-0.39, 0.29) is 24.7 Å². The SMILES string of the molecule is CC(C)(C)OC(=O)N1CCOC[C@H]1COC(=O)c1cncn1-c1ccc(F)cc1. The van der Waals surface area contributed by atoms with Gasteiger partial charge in [0.25, 0.3) is 0 Å². The van der Waals surface area contributed by atoms with Crippen LogP contribution < -0.4 is 0 Å². The summed E-state index contributed by atoms with van der Waals surface area (Å²) in [6.45, 7) is 6.30. The van der Waals surface area contributed by atoms with Crippen molar-refractivity contribution in [2.24, 2.45) is 0 Å². The number of nitrogens with zero attached hydrogens (tertiary/aromatic N) is 3. The predicted molar refractivity (Wildman–Crippen MR) is 101 cm³/mol. The van der Waals surface area contributed by atoms with Gasteiger partial charge in [-0.1, -0.05) is 0 Å². The van der Waals surface area contributed by atoms with Crippen molar-refractivity contribution in [1.82, 2.24) is 14.5 Å². The molecular formula is C20H24FN3O5. The normalized spacial score (nSPS) is 17.1. The van der Waals surface area contributed by atoms with Crippen LogP contribution in [0.15, 0.2) is 36.8 Å². The fourth-order valence-electron chi connectivity index (χ4n) is 2.85. The van der Waals surface area contributed by atoms with Crippen LogP contribution in [0.3, 0.4) is 0 Å². The van der Waals surface area contributed by atoms with Crippen molar-refractivity contribution in [3.8, 4) is 5.69 Å². The van der Waals surface area contributed by atoms with E-state index in [1.54, 1.807) is 20.8 Å². The fourth-order valence-corrected chi connectivity index (χ4v) is 2.85. The van der Waals surface area contributed by atoms with Gasteiger partial charge in [-0.15, -0.1) is 0 Å². The molecule has 1 atom stereocenters. The third kappa shape index (κ3) is 5.32. The Labute approximate surface area is 168 Å². The number of halogens is 1. The average Bonchev–Trinajstić information content (AvgIpc) is 3.15. The first-order chi connectivity index (χ1) is 13.7. The summed E-state index contributed by atoms with van der Waals surface area (Å²) >= 11 is 0. The van der Waals surface area contributed by atoms with E-state index >= 15 is 0 Å². The number of morpholine rings is 1. The van der Waals surface area contributed by atoms with E-state index in [1.165, 1.54) is 46.3 Å². The number of hydrogen-bond donors (Lipinski definition) is 0. The van der Waals surface area contributed by atoms with Crippen LogP contribution in [0.4, 0.5) is 9.18 Å². The number of hydrogen-bond acceptors (Lipinski definition) is 6. The van der Waals surface area contributed by atoms with Gasteiger partial charge in [-0.3, -0.25) is 9.47 Å². The van der Waals surface area contributed by atoms with Crippen molar-refractivity contribution in [2.45, 2.75) is 32.4 Å². The first-order valence-corrected chi connectivity index (χ1v) is 9.27. The van der Waals surface area contributed by atoms with Crippen LogP contribution in [0.5, 0.6) is 0 Å². The number of aromatic nitrogens is 2. The van der Waals surface area contributed by atoms with Gasteiger partial charge in [0.2, 0.25) is 0 Å². The quantitative estimate of drug-likeness (QED) is 0.728. The van der Waals surface area contributed by atoms with Crippen LogP contribution >= 0.6 is 0 Å². The number of amides is 1. The molecule has 1 fully saturated rings. The largest absolute Gasteiger partial charge is 0.459 e. The molecule has 8 nitrogen and oxygen atoms in total. The summed E-state index contributed by atoms with van der Waals surface area (Å²) in [7, 11) is 0. The van der Waals surface area contributed by atoms with Gasteiger partial charge in [-0.25, -0.2) is 19.0 Å². The Balaban J connectivity index is 1.66. The van der Waals surface area contributed by atoms with E-state index in [0.717, 1.165) is 0 Å². The molecule has 0 bridgehead atoms. The van der Waals surface area contributed by atoms with E-state index in [4.69, 9.17) is 14.2 Å². The molecule has 0 radical (unpaired) electrons. The summed E-state index contributed by atoms with van der Waals surface area (Å²) in [5, 5.41) is 0. The van der Waals surface area contributed by atoms with Crippen LogP contribution in [0.2, 0.25) is 0 Å². The highest BCUT2D eigenvalue weighted by Crippen LogP contribution is 2.17. The number of ether oxygens (including phenoxy) is 3. The predicted octanol–water partition coefficient (Wildman–Crippen LogP) is 2.80. The Morgan fingerprint density at radius 3 is 2.69 bits per heavy atom. The Morgan fingerprint density at radius 1 is 1.28 bits per heavy atom. The Morgan fingerprint density at radius 2 is 2.00 bits per heavy atom. The van der Waals surface area contributed by atoms with Gasteiger partial charge in [0.15, 0.2) is 5.69 Å².